The predicted molar refractivity (Wildman–Crippen MR) is 63.8 cm³/mol. The van der Waals surface area contributed by atoms with Crippen LogP contribution in [0.4, 0.5) is 0 Å². The smallest absolute Gasteiger partial charge is 0.339 e. The molecule has 1 atom stereocenters. The molecule has 17 heavy (non-hydrogen) atoms. The quantitative estimate of drug-likeness (QED) is 0.771. The van der Waals surface area contributed by atoms with Gasteiger partial charge in [0.15, 0.2) is 6.10 Å². The number of hydrogen-bond acceptors (Lipinski definition) is 4. The fraction of sp³-hybridized carbons (Fsp3) is 0.462. The summed E-state index contributed by atoms with van der Waals surface area (Å²) in [5.74, 6) is -0.130. The second kappa shape index (κ2) is 6.91. The topological polar surface area (TPSA) is 55.8 Å². The third-order valence-electron chi connectivity index (χ3n) is 2.19. The molecule has 0 heterocycles. The van der Waals surface area contributed by atoms with Crippen LogP contribution in [0.2, 0.25) is 0 Å². The molecule has 0 aromatic heterocycles. The zero-order valence-corrected chi connectivity index (χ0v) is 10.2. The Labute approximate surface area is 101 Å². The molecule has 4 heteroatoms. The number of rotatable bonds is 6. The summed E-state index contributed by atoms with van der Waals surface area (Å²) in [4.78, 5) is 11.4. The summed E-state index contributed by atoms with van der Waals surface area (Å²) >= 11 is 0. The Morgan fingerprint density at radius 3 is 2.71 bits per heavy atom. The van der Waals surface area contributed by atoms with Crippen LogP contribution in [0, 0.1) is 0 Å². The highest BCUT2D eigenvalue weighted by molar-refractivity contribution is 5.77. The maximum atomic E-state index is 11.4. The summed E-state index contributed by atoms with van der Waals surface area (Å²) in [7, 11) is 0. The lowest BCUT2D eigenvalue weighted by Gasteiger charge is -2.14. The number of aliphatic hydroxyl groups is 1. The van der Waals surface area contributed by atoms with E-state index in [9.17, 15) is 9.90 Å². The van der Waals surface area contributed by atoms with Crippen molar-refractivity contribution in [3.63, 3.8) is 0 Å². The zero-order chi connectivity index (χ0) is 12.7. The molecule has 0 amide bonds. The molecule has 1 aromatic carbocycles. The Hall–Kier alpha value is -1.55. The van der Waals surface area contributed by atoms with Crippen molar-refractivity contribution in [2.24, 2.45) is 0 Å². The molecule has 94 valence electrons. The zero-order valence-electron chi connectivity index (χ0n) is 10.2. The van der Waals surface area contributed by atoms with Crippen molar-refractivity contribution in [2.75, 3.05) is 13.2 Å². The van der Waals surface area contributed by atoms with Gasteiger partial charge in [-0.2, -0.15) is 0 Å². The van der Waals surface area contributed by atoms with Gasteiger partial charge in [-0.3, -0.25) is 0 Å². The van der Waals surface area contributed by atoms with Crippen LogP contribution in [0.1, 0.15) is 31.9 Å². The summed E-state index contributed by atoms with van der Waals surface area (Å²) < 4.78 is 10.2. The number of aliphatic hydroxyl groups excluding tert-OH is 1. The first-order chi connectivity index (χ1) is 8.20. The molecule has 1 N–H and O–H groups in total. The third-order valence-corrected chi connectivity index (χ3v) is 2.19. The lowest BCUT2D eigenvalue weighted by atomic mass is 10.1. The van der Waals surface area contributed by atoms with Crippen molar-refractivity contribution in [3.05, 3.63) is 29.8 Å². The molecule has 0 saturated heterocycles. The molecule has 4 nitrogen and oxygen atoms in total. The van der Waals surface area contributed by atoms with Crippen molar-refractivity contribution in [1.29, 1.82) is 0 Å². The Kier molecular flexibility index (Phi) is 5.49. The Morgan fingerprint density at radius 1 is 1.35 bits per heavy atom. The minimum atomic E-state index is -1.29. The molecule has 0 fully saturated rings. The van der Waals surface area contributed by atoms with Gasteiger partial charge in [0.2, 0.25) is 0 Å². The van der Waals surface area contributed by atoms with Crippen LogP contribution in [-0.2, 0) is 9.53 Å². The number of benzene rings is 1. The van der Waals surface area contributed by atoms with Crippen LogP contribution in [0.5, 0.6) is 5.75 Å². The van der Waals surface area contributed by atoms with Gasteiger partial charge in [0.1, 0.15) is 5.75 Å². The summed E-state index contributed by atoms with van der Waals surface area (Å²) in [5, 5.41) is 9.85. The number of para-hydroxylation sites is 1. The third kappa shape index (κ3) is 3.75. The van der Waals surface area contributed by atoms with Crippen molar-refractivity contribution in [3.8, 4) is 5.75 Å². The largest absolute Gasteiger partial charge is 0.493 e. The monoisotopic (exact) mass is 238 g/mol. The number of carbonyl (C=O) groups excluding carboxylic acids is 1. The SMILES string of the molecule is CCCOc1ccccc1C(O)C(=O)OCC. The predicted octanol–water partition coefficient (Wildman–Crippen LogP) is 2.07. The lowest BCUT2D eigenvalue weighted by molar-refractivity contribution is -0.153. The average molecular weight is 238 g/mol. The Bertz CT molecular complexity index is 362. The van der Waals surface area contributed by atoms with Gasteiger partial charge in [-0.25, -0.2) is 4.79 Å². The van der Waals surface area contributed by atoms with Gasteiger partial charge in [0.25, 0.3) is 0 Å². The lowest BCUT2D eigenvalue weighted by Crippen LogP contribution is -2.16. The average Bonchev–Trinajstić information content (AvgIpc) is 2.36. The fourth-order valence-electron chi connectivity index (χ4n) is 1.40. The fourth-order valence-corrected chi connectivity index (χ4v) is 1.40. The normalized spacial score (nSPS) is 11.9. The summed E-state index contributed by atoms with van der Waals surface area (Å²) in [6.07, 6.45) is -0.424. The van der Waals surface area contributed by atoms with Crippen molar-refractivity contribution < 1.29 is 19.4 Å². The van der Waals surface area contributed by atoms with Crippen LogP contribution in [0.25, 0.3) is 0 Å². The van der Waals surface area contributed by atoms with Crippen LogP contribution < -0.4 is 4.74 Å². The maximum absolute atomic E-state index is 11.4. The first-order valence-electron chi connectivity index (χ1n) is 5.77. The van der Waals surface area contributed by atoms with Crippen molar-refractivity contribution in [2.45, 2.75) is 26.4 Å². The molecule has 0 aliphatic carbocycles. The molecule has 0 saturated carbocycles. The number of hydrogen-bond donors (Lipinski definition) is 1. The highest BCUT2D eigenvalue weighted by Crippen LogP contribution is 2.25. The van der Waals surface area contributed by atoms with Gasteiger partial charge in [-0.05, 0) is 19.4 Å². The first kappa shape index (κ1) is 13.5. The number of esters is 1. The minimum absolute atomic E-state index is 0.244. The van der Waals surface area contributed by atoms with Gasteiger partial charge in [0, 0.05) is 5.56 Å². The van der Waals surface area contributed by atoms with E-state index in [-0.39, 0.29) is 6.61 Å². The van der Waals surface area contributed by atoms with Crippen LogP contribution in [0.3, 0.4) is 0 Å². The molecule has 0 bridgehead atoms. The van der Waals surface area contributed by atoms with E-state index >= 15 is 0 Å². The van der Waals surface area contributed by atoms with Crippen LogP contribution in [-0.4, -0.2) is 24.3 Å². The van der Waals surface area contributed by atoms with Crippen molar-refractivity contribution >= 4 is 5.97 Å². The van der Waals surface area contributed by atoms with Gasteiger partial charge in [-0.1, -0.05) is 25.1 Å². The first-order valence-corrected chi connectivity index (χ1v) is 5.77. The van der Waals surface area contributed by atoms with Crippen molar-refractivity contribution in [1.82, 2.24) is 0 Å². The van der Waals surface area contributed by atoms with Crippen LogP contribution >= 0.6 is 0 Å². The Morgan fingerprint density at radius 2 is 2.06 bits per heavy atom. The van der Waals surface area contributed by atoms with E-state index in [0.29, 0.717) is 17.9 Å². The highest BCUT2D eigenvalue weighted by Gasteiger charge is 2.21. The Balaban J connectivity index is 2.84. The standard InChI is InChI=1S/C13H18O4/c1-3-9-17-11-8-6-5-7-10(11)12(14)13(15)16-4-2/h5-8,12,14H,3-4,9H2,1-2H3. The van der Waals surface area contributed by atoms with E-state index in [1.807, 2.05) is 6.92 Å². The highest BCUT2D eigenvalue weighted by atomic mass is 16.5. The molecular weight excluding hydrogens is 220 g/mol. The van der Waals surface area contributed by atoms with E-state index in [0.717, 1.165) is 6.42 Å². The number of ether oxygens (including phenoxy) is 2. The van der Waals surface area contributed by atoms with Gasteiger partial charge < -0.3 is 14.6 Å². The molecule has 0 aliphatic heterocycles. The van der Waals surface area contributed by atoms with E-state index < -0.39 is 12.1 Å². The van der Waals surface area contributed by atoms with Gasteiger partial charge >= 0.3 is 5.97 Å². The summed E-state index contributed by atoms with van der Waals surface area (Å²) in [6.45, 7) is 4.48. The maximum Gasteiger partial charge on any atom is 0.339 e. The van der Waals surface area contributed by atoms with E-state index in [4.69, 9.17) is 9.47 Å². The molecular formula is C13H18O4. The second-order valence-electron chi connectivity index (χ2n) is 3.54. The van der Waals surface area contributed by atoms with Gasteiger partial charge in [-0.15, -0.1) is 0 Å². The van der Waals surface area contributed by atoms with Crippen LogP contribution in [0.15, 0.2) is 24.3 Å². The second-order valence-corrected chi connectivity index (χ2v) is 3.54. The van der Waals surface area contributed by atoms with E-state index in [2.05, 4.69) is 0 Å². The molecule has 0 spiro atoms. The molecule has 1 unspecified atom stereocenters. The molecule has 1 rings (SSSR count). The minimum Gasteiger partial charge on any atom is -0.493 e. The summed E-state index contributed by atoms with van der Waals surface area (Å²) in [6, 6.07) is 6.93. The summed E-state index contributed by atoms with van der Waals surface area (Å²) in [5.41, 5.74) is 0.444. The molecule has 1 aromatic rings. The molecule has 0 radical (unpaired) electrons. The number of carbonyl (C=O) groups is 1. The van der Waals surface area contributed by atoms with E-state index in [1.54, 1.807) is 31.2 Å². The molecule has 0 aliphatic rings. The van der Waals surface area contributed by atoms with E-state index in [1.165, 1.54) is 0 Å². The van der Waals surface area contributed by atoms with Gasteiger partial charge in [0.05, 0.1) is 13.2 Å².